The second-order valence-corrected chi connectivity index (χ2v) is 2.73. The van der Waals surface area contributed by atoms with Gasteiger partial charge in [0.25, 0.3) is 0 Å². The Labute approximate surface area is 80.6 Å². The third-order valence-corrected chi connectivity index (χ3v) is 1.52. The minimum Gasteiger partial charge on any atom is -0.378 e. The van der Waals surface area contributed by atoms with Crippen LogP contribution in [0.25, 0.3) is 0 Å². The van der Waals surface area contributed by atoms with Gasteiger partial charge in [0.1, 0.15) is 0 Å². The first-order valence-electron chi connectivity index (χ1n) is 3.44. The second kappa shape index (κ2) is 4.49. The van der Waals surface area contributed by atoms with Gasteiger partial charge in [0.05, 0.1) is 0 Å². The van der Waals surface area contributed by atoms with E-state index < -0.39 is 0 Å². The molecule has 11 heavy (non-hydrogen) atoms. The van der Waals surface area contributed by atoms with Crippen molar-refractivity contribution in [3.8, 4) is 0 Å². The summed E-state index contributed by atoms with van der Waals surface area (Å²) >= 11 is 0. The standard InChI is InChI=1S/C9H13N.Li/c1-8-5-4-6-9(7-8)10(2)3;/h4-7H,1-3H3;/q;+1. The third kappa shape index (κ3) is 3.01. The normalized spacial score (nSPS) is 8.64. The van der Waals surface area contributed by atoms with E-state index in [0.29, 0.717) is 0 Å². The molecule has 0 aromatic heterocycles. The maximum Gasteiger partial charge on any atom is 1.00 e. The molecule has 1 rings (SSSR count). The molecule has 0 spiro atoms. The molecule has 0 aliphatic carbocycles. The Balaban J connectivity index is 0.000001000. The van der Waals surface area contributed by atoms with Crippen molar-refractivity contribution in [1.29, 1.82) is 0 Å². The molecule has 0 saturated heterocycles. The SMILES string of the molecule is Cc1cccc(N(C)C)c1.[Li+]. The molecule has 54 valence electrons. The van der Waals surface area contributed by atoms with Crippen molar-refractivity contribution in [3.05, 3.63) is 29.8 Å². The van der Waals surface area contributed by atoms with Gasteiger partial charge in [-0.3, -0.25) is 0 Å². The monoisotopic (exact) mass is 142 g/mol. The topological polar surface area (TPSA) is 3.24 Å². The van der Waals surface area contributed by atoms with Gasteiger partial charge >= 0.3 is 18.9 Å². The van der Waals surface area contributed by atoms with Crippen LogP contribution in [0.1, 0.15) is 5.56 Å². The van der Waals surface area contributed by atoms with Crippen molar-refractivity contribution < 1.29 is 18.9 Å². The molecular weight excluding hydrogens is 129 g/mol. The molecule has 0 amide bonds. The average Bonchev–Trinajstić information content (AvgIpc) is 1.88. The summed E-state index contributed by atoms with van der Waals surface area (Å²) in [6.07, 6.45) is 0. The first-order valence-corrected chi connectivity index (χ1v) is 3.44. The Kier molecular flexibility index (Phi) is 4.33. The molecule has 0 aliphatic rings. The molecule has 0 N–H and O–H groups in total. The molecule has 0 heterocycles. The zero-order chi connectivity index (χ0) is 7.56. The van der Waals surface area contributed by atoms with Gasteiger partial charge in [0.2, 0.25) is 0 Å². The molecule has 0 fully saturated rings. The van der Waals surface area contributed by atoms with E-state index in [-0.39, 0.29) is 18.9 Å². The molecule has 0 radical (unpaired) electrons. The van der Waals surface area contributed by atoms with Gasteiger partial charge in [0.15, 0.2) is 0 Å². The predicted molar refractivity (Wildman–Crippen MR) is 45.5 cm³/mol. The van der Waals surface area contributed by atoms with Gasteiger partial charge in [-0.25, -0.2) is 0 Å². The fraction of sp³-hybridized carbons (Fsp3) is 0.333. The number of nitrogens with zero attached hydrogens (tertiary/aromatic N) is 1. The fourth-order valence-corrected chi connectivity index (χ4v) is 0.906. The summed E-state index contributed by atoms with van der Waals surface area (Å²) in [5, 5.41) is 0. The van der Waals surface area contributed by atoms with Crippen LogP contribution in [-0.2, 0) is 0 Å². The molecule has 0 aliphatic heterocycles. The van der Waals surface area contributed by atoms with E-state index in [1.165, 1.54) is 11.3 Å². The molecule has 1 nitrogen and oxygen atoms in total. The van der Waals surface area contributed by atoms with Crippen LogP contribution in [0.3, 0.4) is 0 Å². The van der Waals surface area contributed by atoms with Crippen LogP contribution < -0.4 is 23.8 Å². The van der Waals surface area contributed by atoms with Crippen molar-refractivity contribution >= 4 is 5.69 Å². The van der Waals surface area contributed by atoms with E-state index in [1.807, 2.05) is 0 Å². The maximum atomic E-state index is 2.17. The van der Waals surface area contributed by atoms with Gasteiger partial charge in [-0.15, -0.1) is 0 Å². The van der Waals surface area contributed by atoms with Crippen LogP contribution in [-0.4, -0.2) is 14.1 Å². The summed E-state index contributed by atoms with van der Waals surface area (Å²) in [6, 6.07) is 8.45. The van der Waals surface area contributed by atoms with Crippen molar-refractivity contribution in [2.45, 2.75) is 6.92 Å². The van der Waals surface area contributed by atoms with Crippen LogP contribution in [0.2, 0.25) is 0 Å². The van der Waals surface area contributed by atoms with E-state index in [4.69, 9.17) is 0 Å². The van der Waals surface area contributed by atoms with E-state index >= 15 is 0 Å². The average molecular weight is 142 g/mol. The molecule has 0 atom stereocenters. The minimum atomic E-state index is 0. The Morgan fingerprint density at radius 1 is 1.18 bits per heavy atom. The van der Waals surface area contributed by atoms with Crippen LogP contribution in [0.5, 0.6) is 0 Å². The van der Waals surface area contributed by atoms with E-state index in [2.05, 4.69) is 50.2 Å². The summed E-state index contributed by atoms with van der Waals surface area (Å²) in [7, 11) is 4.10. The molecule has 1 aromatic rings. The Morgan fingerprint density at radius 3 is 2.18 bits per heavy atom. The van der Waals surface area contributed by atoms with Crippen molar-refractivity contribution in [2.24, 2.45) is 0 Å². The molecule has 0 unspecified atom stereocenters. The van der Waals surface area contributed by atoms with Gasteiger partial charge in [-0.2, -0.15) is 0 Å². The number of hydrogen-bond donors (Lipinski definition) is 0. The Hall–Kier alpha value is -0.383. The van der Waals surface area contributed by atoms with E-state index in [9.17, 15) is 0 Å². The summed E-state index contributed by atoms with van der Waals surface area (Å²) in [5.41, 5.74) is 2.58. The molecule has 0 bridgehead atoms. The first kappa shape index (κ1) is 10.6. The maximum absolute atomic E-state index is 2.17. The fourth-order valence-electron chi connectivity index (χ4n) is 0.906. The zero-order valence-electron chi connectivity index (χ0n) is 7.76. The van der Waals surface area contributed by atoms with Gasteiger partial charge in [-0.1, -0.05) is 12.1 Å². The quantitative estimate of drug-likeness (QED) is 0.458. The van der Waals surface area contributed by atoms with Crippen molar-refractivity contribution in [2.75, 3.05) is 19.0 Å². The van der Waals surface area contributed by atoms with Crippen LogP contribution in [0.4, 0.5) is 5.69 Å². The van der Waals surface area contributed by atoms with E-state index in [0.717, 1.165) is 0 Å². The zero-order valence-corrected chi connectivity index (χ0v) is 7.76. The number of rotatable bonds is 1. The van der Waals surface area contributed by atoms with Crippen LogP contribution in [0, 0.1) is 6.92 Å². The summed E-state index contributed by atoms with van der Waals surface area (Å²) in [6.45, 7) is 2.10. The molecular formula is C9H13LiN+. The first-order chi connectivity index (χ1) is 4.70. The summed E-state index contributed by atoms with van der Waals surface area (Å²) in [5.74, 6) is 0. The van der Waals surface area contributed by atoms with Gasteiger partial charge < -0.3 is 4.90 Å². The second-order valence-electron chi connectivity index (χ2n) is 2.73. The molecule has 0 saturated carbocycles. The number of hydrogen-bond acceptors (Lipinski definition) is 1. The van der Waals surface area contributed by atoms with Crippen molar-refractivity contribution in [1.82, 2.24) is 0 Å². The Bertz CT molecular complexity index is 221. The van der Waals surface area contributed by atoms with Crippen LogP contribution >= 0.6 is 0 Å². The molecule has 1 aromatic carbocycles. The smallest absolute Gasteiger partial charge is 0.378 e. The number of aryl methyl sites for hydroxylation is 1. The van der Waals surface area contributed by atoms with Crippen molar-refractivity contribution in [3.63, 3.8) is 0 Å². The summed E-state index contributed by atoms with van der Waals surface area (Å²) in [4.78, 5) is 2.10. The predicted octanol–water partition coefficient (Wildman–Crippen LogP) is -0.935. The summed E-state index contributed by atoms with van der Waals surface area (Å²) < 4.78 is 0. The number of benzene rings is 1. The largest absolute Gasteiger partial charge is 1.00 e. The number of anilines is 1. The van der Waals surface area contributed by atoms with E-state index in [1.54, 1.807) is 0 Å². The minimum absolute atomic E-state index is 0. The van der Waals surface area contributed by atoms with Gasteiger partial charge in [0, 0.05) is 19.8 Å². The molecule has 2 heteroatoms. The Morgan fingerprint density at radius 2 is 1.82 bits per heavy atom. The third-order valence-electron chi connectivity index (χ3n) is 1.52. The van der Waals surface area contributed by atoms with Gasteiger partial charge in [-0.05, 0) is 24.6 Å². The van der Waals surface area contributed by atoms with Crippen LogP contribution in [0.15, 0.2) is 24.3 Å².